The lowest BCUT2D eigenvalue weighted by atomic mass is 9.93. The number of benzene rings is 4. The minimum atomic E-state index is -0.291. The summed E-state index contributed by atoms with van der Waals surface area (Å²) in [5.74, 6) is 9.55. The van der Waals surface area contributed by atoms with Crippen molar-refractivity contribution in [3.8, 4) is 138 Å². The van der Waals surface area contributed by atoms with Crippen LogP contribution in [0.1, 0.15) is 139 Å². The maximum absolute atomic E-state index is 13.7. The Hall–Kier alpha value is -16.3. The molecule has 6 aliphatic rings. The largest absolute Gasteiger partial charge is 0.480 e. The van der Waals surface area contributed by atoms with E-state index in [1.54, 1.807) is 150 Å². The second kappa shape index (κ2) is 45.1. The molecule has 12 aromatic heterocycles. The van der Waals surface area contributed by atoms with Gasteiger partial charge >= 0.3 is 0 Å². The first-order valence-corrected chi connectivity index (χ1v) is 48.3. The van der Waals surface area contributed by atoms with Crippen molar-refractivity contribution in [2.24, 2.45) is 11.8 Å². The topological polar surface area (TPSA) is 399 Å². The van der Waals surface area contributed by atoms with Gasteiger partial charge in [-0.15, -0.1) is 40.8 Å². The van der Waals surface area contributed by atoms with Crippen LogP contribution in [0, 0.1) is 35.1 Å². The molecule has 4 atom stereocenters. The number of hydrogen-bond acceptors (Lipinski definition) is 32. The Kier molecular flexibility index (Phi) is 30.2. The zero-order valence-corrected chi connectivity index (χ0v) is 80.6. The van der Waals surface area contributed by atoms with Crippen LogP contribution in [0.25, 0.3) is 90.6 Å². The number of hydrogen-bond donors (Lipinski definition) is 4. The molecule has 740 valence electrons. The molecule has 40 heteroatoms. The van der Waals surface area contributed by atoms with Gasteiger partial charge < -0.3 is 77.4 Å². The third-order valence-corrected chi connectivity index (χ3v) is 25.4. The molecule has 4 unspecified atom stereocenters. The van der Waals surface area contributed by atoms with E-state index in [-0.39, 0.29) is 47.4 Å². The van der Waals surface area contributed by atoms with Gasteiger partial charge in [-0.3, -0.25) is 0 Å². The number of aromatic nitrogens is 24. The second-order valence-corrected chi connectivity index (χ2v) is 35.8. The average molecular weight is 1950 g/mol. The van der Waals surface area contributed by atoms with Crippen LogP contribution in [0.4, 0.5) is 41.4 Å². The minimum absolute atomic E-state index is 0.0163. The van der Waals surface area contributed by atoms with Crippen LogP contribution in [-0.4, -0.2) is 199 Å². The highest BCUT2D eigenvalue weighted by molar-refractivity contribution is 5.82. The molecule has 36 nitrogen and oxygen atoms in total. The zero-order chi connectivity index (χ0) is 98.9. The fourth-order valence-corrected chi connectivity index (χ4v) is 17.7. The molecule has 16 heterocycles. The maximum atomic E-state index is 13.7. The Labute approximate surface area is 827 Å². The molecule has 0 saturated heterocycles. The second-order valence-electron chi connectivity index (χ2n) is 35.8. The highest BCUT2D eigenvalue weighted by atomic mass is 19.1. The SMILES string of the molecule is CCCCNc1nccc(-c2c(-c3ccc(F)cc3)nc3n2C(COc2ccc(OC)nn2)CC3)n1.COc1ccc(OCC2CCc3nc(-c4ccc(F)cc4)c(-c4ccnc(NC5CCC5)n4)n32)nn1.COc1ccc(OCC2CCc3nc(-c4ccc(F)cc4)c(-c4ccnc(NCC(C)C)n4)n32)nn1.COc1ccc(OCC2CCc3nc(-c4ccc(F)cc4)c(-c4ccnc(NCC5CC5)n4)n32)nn1. The fraction of sp³-hybridized carbons (Fsp3) is 0.346. The van der Waals surface area contributed by atoms with E-state index in [0.717, 1.165) is 211 Å². The number of anilines is 4. The molecule has 22 rings (SSSR count). The van der Waals surface area contributed by atoms with Crippen molar-refractivity contribution in [1.29, 1.82) is 0 Å². The number of ether oxygens (including phenoxy) is 8. The van der Waals surface area contributed by atoms with Crippen molar-refractivity contribution in [2.45, 2.75) is 147 Å². The normalized spacial score (nSPS) is 15.6. The molecule has 0 amide bonds. The quantitative estimate of drug-likeness (QED) is 0.0209. The lowest BCUT2D eigenvalue weighted by molar-refractivity contribution is 0.243. The Bertz CT molecular complexity index is 6810. The summed E-state index contributed by atoms with van der Waals surface area (Å²) >= 11 is 0. The van der Waals surface area contributed by atoms with Crippen molar-refractivity contribution in [1.82, 2.24) is 119 Å². The first-order chi connectivity index (χ1) is 70.5. The predicted octanol–water partition coefficient (Wildman–Crippen LogP) is 18.1. The Morgan fingerprint density at radius 2 is 0.611 bits per heavy atom. The van der Waals surface area contributed by atoms with E-state index >= 15 is 0 Å². The first-order valence-electron chi connectivity index (χ1n) is 48.3. The molecule has 16 aromatic rings. The van der Waals surface area contributed by atoms with Crippen LogP contribution in [0.2, 0.25) is 0 Å². The molecule has 4 N–H and O–H groups in total. The summed E-state index contributed by atoms with van der Waals surface area (Å²) in [5, 5.41) is 45.6. The van der Waals surface area contributed by atoms with Crippen LogP contribution in [0.15, 0.2) is 195 Å². The van der Waals surface area contributed by atoms with E-state index in [2.05, 4.69) is 121 Å². The van der Waals surface area contributed by atoms with Crippen LogP contribution in [0.5, 0.6) is 47.0 Å². The lowest BCUT2D eigenvalue weighted by Crippen LogP contribution is -2.28. The third-order valence-electron chi connectivity index (χ3n) is 25.4. The Morgan fingerprint density at radius 1 is 0.326 bits per heavy atom. The first kappa shape index (κ1) is 96.5. The summed E-state index contributed by atoms with van der Waals surface area (Å²) in [6.45, 7) is 10.4. The summed E-state index contributed by atoms with van der Waals surface area (Å²) in [7, 11) is 6.18. The van der Waals surface area contributed by atoms with E-state index in [9.17, 15) is 17.6 Å². The number of fused-ring (bicyclic) bond motifs is 4. The molecule has 2 fully saturated rings. The minimum Gasteiger partial charge on any atom is -0.480 e. The van der Waals surface area contributed by atoms with Crippen molar-refractivity contribution >= 4 is 23.8 Å². The van der Waals surface area contributed by atoms with E-state index < -0.39 is 0 Å². The van der Waals surface area contributed by atoms with E-state index in [1.165, 1.54) is 67.8 Å². The molecule has 4 aromatic carbocycles. The average Bonchev–Trinajstić information content (AvgIpc) is 1.61. The van der Waals surface area contributed by atoms with Crippen molar-refractivity contribution < 1.29 is 55.5 Å². The number of halogens is 4. The van der Waals surface area contributed by atoms with Gasteiger partial charge in [0.05, 0.1) is 121 Å². The summed E-state index contributed by atoms with van der Waals surface area (Å²) in [5.41, 5.74) is 12.9. The predicted molar refractivity (Wildman–Crippen MR) is 530 cm³/mol. The number of unbranched alkanes of at least 4 members (excludes halogenated alkanes) is 1. The van der Waals surface area contributed by atoms with E-state index in [1.807, 2.05) is 24.3 Å². The van der Waals surface area contributed by atoms with Gasteiger partial charge in [0.1, 0.15) is 73.0 Å². The van der Waals surface area contributed by atoms with Crippen LogP contribution < -0.4 is 59.2 Å². The highest BCUT2D eigenvalue weighted by Crippen LogP contribution is 2.46. The smallest absolute Gasteiger partial charge is 0.233 e. The monoisotopic (exact) mass is 1950 g/mol. The molecule has 0 radical (unpaired) electrons. The van der Waals surface area contributed by atoms with Crippen LogP contribution >= 0.6 is 0 Å². The molecule has 0 bridgehead atoms. The van der Waals surface area contributed by atoms with Gasteiger partial charge in [-0.25, -0.2) is 77.4 Å². The summed E-state index contributed by atoms with van der Waals surface area (Å²) < 4.78 is 108. The van der Waals surface area contributed by atoms with Crippen LogP contribution in [-0.2, 0) is 25.7 Å². The van der Waals surface area contributed by atoms with Gasteiger partial charge in [-0.05, 0) is 197 Å². The molecule has 2 saturated carbocycles. The number of nitrogens with zero attached hydrogens (tertiary/aromatic N) is 24. The van der Waals surface area contributed by atoms with Crippen molar-refractivity contribution in [2.75, 3.05) is 95.8 Å². The van der Waals surface area contributed by atoms with E-state index in [0.29, 0.717) is 115 Å². The number of imidazole rings is 4. The molecule has 144 heavy (non-hydrogen) atoms. The molecular weight excluding hydrogens is 1850 g/mol. The van der Waals surface area contributed by atoms with Crippen molar-refractivity contribution in [3.05, 3.63) is 241 Å². The summed E-state index contributed by atoms with van der Waals surface area (Å²) in [6.07, 6.45) is 21.8. The maximum Gasteiger partial charge on any atom is 0.233 e. The highest BCUT2D eigenvalue weighted by Gasteiger charge is 2.38. The number of rotatable bonds is 36. The standard InChI is InChI=1S/2C26H26FN7O2.2C26H28FN7O2/c1-35-22-10-11-23(33-32-22)36-15-19-8-9-21-31-24(17-4-6-18(27)7-5-17)25(34(19)21)20-12-13-28-26(30-20)29-14-16-2-3-16;1-35-22-11-12-23(33-32-22)36-15-19-9-10-21-31-24(16-5-7-17(27)8-6-16)25(34(19)21)20-13-14-28-26(30-20)29-18-3-2-4-18;1-16(2)14-29-26-28-13-12-20(30-26)25-24(17-4-6-18(27)7-5-17)31-21-9-8-19(34(21)25)15-36-23-11-10-22(35-3)32-33-23;1-3-4-14-28-26-29-15-13-20(30-26)25-24(17-5-7-18(27)8-6-17)31-21-10-9-19(34(21)25)16-36-23-12-11-22(35-2)32-33-23/h4-7,10-13,16,19H,2-3,8-9,14-15H2,1H3,(H,28,29,30);5-8,11-14,18-19H,2-4,9-10,15H2,1H3,(H,28,29,30);4-7,10-13,16,19H,8-9,14-15H2,1-3H3,(H,28,29,30);5-8,11-13,15,19H,3-4,9-10,14,16H2,1-2H3,(H,28,29,30). The molecule has 2 aliphatic carbocycles. The summed E-state index contributed by atoms with van der Waals surface area (Å²) in [4.78, 5) is 56.8. The van der Waals surface area contributed by atoms with Gasteiger partial charge in [0.25, 0.3) is 0 Å². The molecule has 4 aliphatic heterocycles. The van der Waals surface area contributed by atoms with Gasteiger partial charge in [-0.1, -0.05) is 27.2 Å². The number of methoxy groups -OCH3 is 4. The molecule has 0 spiro atoms. The van der Waals surface area contributed by atoms with Gasteiger partial charge in [0.15, 0.2) is 0 Å². The third kappa shape index (κ3) is 23.0. The van der Waals surface area contributed by atoms with Gasteiger partial charge in [-0.2, -0.15) is 0 Å². The Balaban J connectivity index is 0.000000121. The summed E-state index contributed by atoms with van der Waals surface area (Å²) in [6, 6.07) is 47.5. The lowest BCUT2D eigenvalue weighted by Gasteiger charge is -2.26. The number of aryl methyl sites for hydroxylation is 4. The van der Waals surface area contributed by atoms with E-state index in [4.69, 9.17) is 77.8 Å². The Morgan fingerprint density at radius 3 is 0.882 bits per heavy atom. The van der Waals surface area contributed by atoms with Gasteiger partial charge in [0.2, 0.25) is 70.8 Å². The zero-order valence-electron chi connectivity index (χ0n) is 80.6. The van der Waals surface area contributed by atoms with Crippen LogP contribution in [0.3, 0.4) is 0 Å². The number of nitrogens with one attached hydrogen (secondary N) is 4. The molecular formula is C104H108F4N28O8. The fourth-order valence-electron chi connectivity index (χ4n) is 17.7. The van der Waals surface area contributed by atoms with Gasteiger partial charge in [0, 0.05) is 147 Å². The van der Waals surface area contributed by atoms with Crippen molar-refractivity contribution in [3.63, 3.8) is 0 Å².